The fraction of sp³-hybridized carbons (Fsp3) is 0.958. The van der Waals surface area contributed by atoms with Crippen LogP contribution in [0.25, 0.3) is 0 Å². The lowest BCUT2D eigenvalue weighted by atomic mass is 9.70. The second-order valence-electron chi connectivity index (χ2n) is 9.09. The Morgan fingerprint density at radius 3 is 1.96 bits per heavy atom. The normalized spacial score (nSPS) is 28.7. The highest BCUT2D eigenvalue weighted by Gasteiger charge is 2.31. The van der Waals surface area contributed by atoms with Crippen molar-refractivity contribution < 1.29 is 14.3 Å². The molecule has 158 valence electrons. The van der Waals surface area contributed by atoms with Crippen LogP contribution in [-0.2, 0) is 9.47 Å². The van der Waals surface area contributed by atoms with Crippen molar-refractivity contribution in [2.24, 2.45) is 17.8 Å². The molecule has 0 aliphatic heterocycles. The van der Waals surface area contributed by atoms with Crippen LogP contribution in [0.4, 0.5) is 4.79 Å². The highest BCUT2D eigenvalue weighted by atomic mass is 16.7. The molecule has 0 spiro atoms. The van der Waals surface area contributed by atoms with Crippen molar-refractivity contribution in [3.63, 3.8) is 0 Å². The number of rotatable bonds is 11. The number of carbonyl (C=O) groups is 1. The Morgan fingerprint density at radius 2 is 1.33 bits per heavy atom. The van der Waals surface area contributed by atoms with Crippen molar-refractivity contribution in [1.82, 2.24) is 0 Å². The van der Waals surface area contributed by atoms with Crippen molar-refractivity contribution in [3.8, 4) is 0 Å². The fourth-order valence-corrected chi connectivity index (χ4v) is 5.24. The Labute approximate surface area is 168 Å². The first-order valence-electron chi connectivity index (χ1n) is 12.1. The third-order valence-corrected chi connectivity index (χ3v) is 6.95. The molecule has 0 atom stereocenters. The molecule has 2 fully saturated rings. The number of hydrogen-bond acceptors (Lipinski definition) is 3. The predicted molar refractivity (Wildman–Crippen MR) is 112 cm³/mol. The van der Waals surface area contributed by atoms with Crippen LogP contribution in [0.2, 0.25) is 0 Å². The smallest absolute Gasteiger partial charge is 0.434 e. The van der Waals surface area contributed by atoms with Crippen molar-refractivity contribution in [3.05, 3.63) is 0 Å². The molecule has 2 saturated carbocycles. The van der Waals surface area contributed by atoms with E-state index in [-0.39, 0.29) is 6.10 Å². The second kappa shape index (κ2) is 13.4. The lowest BCUT2D eigenvalue weighted by Crippen LogP contribution is -2.30. The molecule has 2 aliphatic rings. The number of unbranched alkanes of at least 4 members (excludes halogenated alkanes) is 5. The van der Waals surface area contributed by atoms with E-state index in [9.17, 15) is 4.79 Å². The minimum absolute atomic E-state index is 0.0923. The van der Waals surface area contributed by atoms with Gasteiger partial charge in [-0.15, -0.1) is 0 Å². The van der Waals surface area contributed by atoms with Gasteiger partial charge in [0.1, 0.15) is 6.10 Å². The highest BCUT2D eigenvalue weighted by molar-refractivity contribution is 5.60. The molecule has 0 bridgehead atoms. The summed E-state index contributed by atoms with van der Waals surface area (Å²) in [5.74, 6) is 2.79. The summed E-state index contributed by atoms with van der Waals surface area (Å²) >= 11 is 0. The van der Waals surface area contributed by atoms with Crippen LogP contribution in [-0.4, -0.2) is 18.9 Å². The minimum Gasteiger partial charge on any atom is -0.434 e. The molecule has 2 aliphatic carbocycles. The molecule has 0 N–H and O–H groups in total. The first-order valence-corrected chi connectivity index (χ1v) is 12.1. The van der Waals surface area contributed by atoms with Gasteiger partial charge >= 0.3 is 6.16 Å². The lowest BCUT2D eigenvalue weighted by molar-refractivity contribution is -0.000995. The Morgan fingerprint density at radius 1 is 0.741 bits per heavy atom. The zero-order valence-corrected chi connectivity index (χ0v) is 18.1. The Balaban J connectivity index is 1.51. The molecular weight excluding hydrogens is 336 g/mol. The lowest BCUT2D eigenvalue weighted by Gasteiger charge is -2.37. The second-order valence-corrected chi connectivity index (χ2v) is 9.09. The van der Waals surface area contributed by atoms with Gasteiger partial charge in [-0.2, -0.15) is 0 Å². The van der Waals surface area contributed by atoms with Gasteiger partial charge in [-0.05, 0) is 62.7 Å². The maximum absolute atomic E-state index is 11.9. The minimum atomic E-state index is -0.438. The van der Waals surface area contributed by atoms with Crippen LogP contribution < -0.4 is 0 Å². The van der Waals surface area contributed by atoms with Crippen molar-refractivity contribution >= 4 is 6.16 Å². The number of hydrogen-bond donors (Lipinski definition) is 0. The molecular formula is C24H44O3. The van der Waals surface area contributed by atoms with Gasteiger partial charge in [-0.25, -0.2) is 4.79 Å². The van der Waals surface area contributed by atoms with E-state index in [2.05, 4.69) is 13.8 Å². The Bertz CT molecular complexity index is 379. The van der Waals surface area contributed by atoms with Gasteiger partial charge in [-0.3, -0.25) is 0 Å². The van der Waals surface area contributed by atoms with Gasteiger partial charge in [0, 0.05) is 0 Å². The summed E-state index contributed by atoms with van der Waals surface area (Å²) in [6.07, 6.45) is 19.9. The molecule has 0 unspecified atom stereocenters. The van der Waals surface area contributed by atoms with Gasteiger partial charge in [0.25, 0.3) is 0 Å². The molecule has 2 rings (SSSR count). The summed E-state index contributed by atoms with van der Waals surface area (Å²) in [4.78, 5) is 11.9. The molecule has 0 aromatic rings. The molecule has 0 radical (unpaired) electrons. The summed E-state index contributed by atoms with van der Waals surface area (Å²) in [7, 11) is 0. The summed E-state index contributed by atoms with van der Waals surface area (Å²) in [6.45, 7) is 5.05. The van der Waals surface area contributed by atoms with Crippen LogP contribution in [0.5, 0.6) is 0 Å². The van der Waals surface area contributed by atoms with Crippen molar-refractivity contribution in [1.29, 1.82) is 0 Å². The van der Waals surface area contributed by atoms with E-state index < -0.39 is 6.16 Å². The standard InChI is InChI=1S/C24H44O3/c1-3-5-6-7-8-9-19-26-24(25)27-23-17-15-22(16-18-23)21-13-11-20(10-4-2)12-14-21/h20-23H,3-19H2,1-2H3/t20-,21-,22-,23-. The third-order valence-electron chi connectivity index (χ3n) is 6.95. The van der Waals surface area contributed by atoms with Crippen molar-refractivity contribution in [2.75, 3.05) is 6.61 Å². The topological polar surface area (TPSA) is 35.5 Å². The van der Waals surface area contributed by atoms with Gasteiger partial charge in [0.15, 0.2) is 0 Å². The molecule has 0 saturated heterocycles. The molecule has 0 heterocycles. The molecule has 27 heavy (non-hydrogen) atoms. The van der Waals surface area contributed by atoms with E-state index in [1.54, 1.807) is 0 Å². The van der Waals surface area contributed by atoms with Gasteiger partial charge in [0.05, 0.1) is 6.61 Å². The summed E-state index contributed by atoms with van der Waals surface area (Å²) in [5, 5.41) is 0. The monoisotopic (exact) mass is 380 g/mol. The first-order chi connectivity index (χ1) is 13.2. The Hall–Kier alpha value is -0.730. The predicted octanol–water partition coefficient (Wildman–Crippen LogP) is 7.67. The van der Waals surface area contributed by atoms with Gasteiger partial charge in [-0.1, -0.05) is 71.6 Å². The average molecular weight is 381 g/mol. The van der Waals surface area contributed by atoms with Crippen LogP contribution in [0.15, 0.2) is 0 Å². The third kappa shape index (κ3) is 8.87. The van der Waals surface area contributed by atoms with Crippen LogP contribution in [0.1, 0.15) is 117 Å². The van der Waals surface area contributed by atoms with E-state index in [1.807, 2.05) is 0 Å². The van der Waals surface area contributed by atoms with Crippen LogP contribution >= 0.6 is 0 Å². The SMILES string of the molecule is CCCCCCCCOC(=O)O[C@H]1CC[C@H]([C@H]2CC[C@H](CCC)CC2)CC1. The zero-order chi connectivity index (χ0) is 19.3. The number of carbonyl (C=O) groups excluding carboxylic acids is 1. The highest BCUT2D eigenvalue weighted by Crippen LogP contribution is 2.41. The molecule has 0 amide bonds. The summed E-state index contributed by atoms with van der Waals surface area (Å²) in [6, 6.07) is 0. The van der Waals surface area contributed by atoms with Gasteiger partial charge < -0.3 is 9.47 Å². The molecule has 0 aromatic carbocycles. The summed E-state index contributed by atoms with van der Waals surface area (Å²) in [5.41, 5.74) is 0. The van der Waals surface area contributed by atoms with Gasteiger partial charge in [0.2, 0.25) is 0 Å². The van der Waals surface area contributed by atoms with E-state index >= 15 is 0 Å². The van der Waals surface area contributed by atoms with E-state index in [0.717, 1.165) is 43.4 Å². The quantitative estimate of drug-likeness (QED) is 0.272. The van der Waals surface area contributed by atoms with Crippen LogP contribution in [0.3, 0.4) is 0 Å². The van der Waals surface area contributed by atoms with Crippen LogP contribution in [0, 0.1) is 17.8 Å². The zero-order valence-electron chi connectivity index (χ0n) is 18.1. The van der Waals surface area contributed by atoms with Crippen molar-refractivity contribution in [2.45, 2.75) is 123 Å². The average Bonchev–Trinajstić information content (AvgIpc) is 2.69. The molecule has 3 heteroatoms. The van der Waals surface area contributed by atoms with E-state index in [1.165, 1.54) is 77.0 Å². The summed E-state index contributed by atoms with van der Waals surface area (Å²) < 4.78 is 10.8. The molecule has 0 aromatic heterocycles. The van der Waals surface area contributed by atoms with E-state index in [4.69, 9.17) is 9.47 Å². The Kier molecular flexibility index (Phi) is 11.2. The first kappa shape index (κ1) is 22.6. The largest absolute Gasteiger partial charge is 0.508 e. The number of ether oxygens (including phenoxy) is 2. The maximum atomic E-state index is 11.9. The molecule has 3 nitrogen and oxygen atoms in total. The maximum Gasteiger partial charge on any atom is 0.508 e. The fourth-order valence-electron chi connectivity index (χ4n) is 5.24. The van der Waals surface area contributed by atoms with E-state index in [0.29, 0.717) is 6.61 Å².